The summed E-state index contributed by atoms with van der Waals surface area (Å²) >= 11 is 6.34. The Morgan fingerprint density at radius 3 is 2.35 bits per heavy atom. The predicted octanol–water partition coefficient (Wildman–Crippen LogP) is 6.61. The number of rotatable bonds is 6. The van der Waals surface area contributed by atoms with Gasteiger partial charge in [0.1, 0.15) is 11.5 Å². The zero-order chi connectivity index (χ0) is 25.9. The summed E-state index contributed by atoms with van der Waals surface area (Å²) in [6.07, 6.45) is 5.19. The first-order valence-electron chi connectivity index (χ1n) is 12.7. The van der Waals surface area contributed by atoms with Crippen LogP contribution in [0.4, 0.5) is 5.69 Å². The van der Waals surface area contributed by atoms with E-state index in [0.29, 0.717) is 22.0 Å². The van der Waals surface area contributed by atoms with Crippen LogP contribution < -0.4 is 14.8 Å². The Bertz CT molecular complexity index is 1290. The molecule has 2 atom stereocenters. The van der Waals surface area contributed by atoms with Crippen LogP contribution in [0.1, 0.15) is 65.5 Å². The molecular weight excluding hydrogens is 488 g/mol. The first-order valence-corrected chi connectivity index (χ1v) is 13.1. The second-order valence-corrected chi connectivity index (χ2v) is 10.0. The highest BCUT2D eigenvalue weighted by molar-refractivity contribution is 6.32. The molecule has 1 aliphatic carbocycles. The number of carbonyl (C=O) groups is 2. The molecule has 1 saturated carbocycles. The van der Waals surface area contributed by atoms with Gasteiger partial charge in [0.05, 0.1) is 31.2 Å². The van der Waals surface area contributed by atoms with Crippen LogP contribution in [0, 0.1) is 0 Å². The molecule has 0 saturated heterocycles. The van der Waals surface area contributed by atoms with Crippen molar-refractivity contribution < 1.29 is 19.1 Å². The van der Waals surface area contributed by atoms with Crippen molar-refractivity contribution in [1.82, 2.24) is 4.90 Å². The number of carbonyl (C=O) groups excluding carboxylic acids is 2. The van der Waals surface area contributed by atoms with Crippen molar-refractivity contribution >= 4 is 29.1 Å². The van der Waals surface area contributed by atoms with Gasteiger partial charge in [-0.05, 0) is 60.4 Å². The molecule has 1 N–H and O–H groups in total. The molecule has 0 spiro atoms. The van der Waals surface area contributed by atoms with Crippen molar-refractivity contribution in [2.24, 2.45) is 0 Å². The van der Waals surface area contributed by atoms with E-state index in [-0.39, 0.29) is 17.9 Å². The fourth-order valence-electron chi connectivity index (χ4n) is 5.71. The van der Waals surface area contributed by atoms with Crippen molar-refractivity contribution in [3.8, 4) is 11.5 Å². The maximum absolute atomic E-state index is 14.1. The molecular formula is C30H31ClN2O4. The third kappa shape index (κ3) is 4.90. The van der Waals surface area contributed by atoms with Crippen LogP contribution in [0.3, 0.4) is 0 Å². The predicted molar refractivity (Wildman–Crippen MR) is 145 cm³/mol. The van der Waals surface area contributed by atoms with Crippen LogP contribution in [-0.4, -0.2) is 37.0 Å². The molecule has 2 unspecified atom stereocenters. The molecule has 1 aliphatic heterocycles. The largest absolute Gasteiger partial charge is 0.497 e. The molecule has 0 bridgehead atoms. The minimum Gasteiger partial charge on any atom is -0.497 e. The average molecular weight is 519 g/mol. The summed E-state index contributed by atoms with van der Waals surface area (Å²) in [6, 6.07) is 20.0. The molecule has 1 heterocycles. The van der Waals surface area contributed by atoms with Gasteiger partial charge < -0.3 is 19.7 Å². The molecule has 7 heteroatoms. The third-order valence-corrected chi connectivity index (χ3v) is 7.80. The lowest BCUT2D eigenvalue weighted by atomic mass is 9.77. The smallest absolute Gasteiger partial charge is 0.254 e. The Labute approximate surface area is 222 Å². The van der Waals surface area contributed by atoms with E-state index in [4.69, 9.17) is 21.1 Å². The van der Waals surface area contributed by atoms with Crippen LogP contribution in [0.2, 0.25) is 5.02 Å². The maximum Gasteiger partial charge on any atom is 0.254 e. The zero-order valence-electron chi connectivity index (χ0n) is 21.1. The van der Waals surface area contributed by atoms with E-state index < -0.39 is 12.0 Å². The van der Waals surface area contributed by atoms with Gasteiger partial charge in [-0.1, -0.05) is 61.2 Å². The van der Waals surface area contributed by atoms with E-state index >= 15 is 0 Å². The maximum atomic E-state index is 14.1. The number of methoxy groups -OCH3 is 2. The van der Waals surface area contributed by atoms with Crippen LogP contribution in [-0.2, 0) is 4.79 Å². The van der Waals surface area contributed by atoms with Gasteiger partial charge in [0, 0.05) is 17.3 Å². The van der Waals surface area contributed by atoms with Gasteiger partial charge in [0.15, 0.2) is 0 Å². The summed E-state index contributed by atoms with van der Waals surface area (Å²) < 4.78 is 10.6. The summed E-state index contributed by atoms with van der Waals surface area (Å²) in [5, 5.41) is 3.48. The quantitative estimate of drug-likeness (QED) is 0.398. The van der Waals surface area contributed by atoms with Gasteiger partial charge in [-0.15, -0.1) is 0 Å². The number of hydrogen-bond donors (Lipinski definition) is 1. The fraction of sp³-hybridized carbons (Fsp3) is 0.333. The van der Waals surface area contributed by atoms with Crippen LogP contribution >= 0.6 is 11.6 Å². The monoisotopic (exact) mass is 518 g/mol. The Hall–Kier alpha value is -3.51. The Balaban J connectivity index is 1.61. The van der Waals surface area contributed by atoms with Gasteiger partial charge in [0.25, 0.3) is 5.91 Å². The highest BCUT2D eigenvalue weighted by atomic mass is 35.5. The Morgan fingerprint density at radius 2 is 1.68 bits per heavy atom. The molecule has 2 amide bonds. The third-order valence-electron chi connectivity index (χ3n) is 7.50. The number of halogens is 1. The van der Waals surface area contributed by atoms with Gasteiger partial charge in [-0.25, -0.2) is 0 Å². The van der Waals surface area contributed by atoms with Crippen LogP contribution in [0.5, 0.6) is 11.5 Å². The van der Waals surface area contributed by atoms with E-state index in [0.717, 1.165) is 42.6 Å². The highest BCUT2D eigenvalue weighted by Gasteiger charge is 2.46. The molecule has 0 aromatic heterocycles. The second kappa shape index (κ2) is 10.9. The topological polar surface area (TPSA) is 67.9 Å². The lowest BCUT2D eigenvalue weighted by Gasteiger charge is -2.46. The number of hydrogen-bond acceptors (Lipinski definition) is 4. The van der Waals surface area contributed by atoms with Gasteiger partial charge in [-0.2, -0.15) is 0 Å². The molecule has 192 valence electrons. The zero-order valence-corrected chi connectivity index (χ0v) is 21.8. The summed E-state index contributed by atoms with van der Waals surface area (Å²) in [5.74, 6) is 0.449. The second-order valence-electron chi connectivity index (χ2n) is 9.63. The van der Waals surface area contributed by atoms with E-state index in [1.807, 2.05) is 53.4 Å². The van der Waals surface area contributed by atoms with Crippen LogP contribution in [0.15, 0.2) is 66.7 Å². The van der Waals surface area contributed by atoms with Gasteiger partial charge in [-0.3, -0.25) is 9.59 Å². The van der Waals surface area contributed by atoms with Crippen molar-refractivity contribution in [2.75, 3.05) is 19.5 Å². The minimum absolute atomic E-state index is 0.0140. The van der Waals surface area contributed by atoms with E-state index in [9.17, 15) is 9.59 Å². The molecule has 5 rings (SSSR count). The van der Waals surface area contributed by atoms with E-state index in [1.54, 1.807) is 32.4 Å². The summed E-state index contributed by atoms with van der Waals surface area (Å²) in [5.41, 5.74) is 2.80. The average Bonchev–Trinajstić information content (AvgIpc) is 2.93. The van der Waals surface area contributed by atoms with Crippen molar-refractivity contribution in [3.05, 3.63) is 88.4 Å². The van der Waals surface area contributed by atoms with Crippen molar-refractivity contribution in [2.45, 2.75) is 50.1 Å². The van der Waals surface area contributed by atoms with Crippen LogP contribution in [0.25, 0.3) is 0 Å². The van der Waals surface area contributed by atoms with Gasteiger partial charge in [0.2, 0.25) is 5.91 Å². The number of benzene rings is 3. The Morgan fingerprint density at radius 1 is 0.946 bits per heavy atom. The molecule has 37 heavy (non-hydrogen) atoms. The fourth-order valence-corrected chi connectivity index (χ4v) is 5.97. The minimum atomic E-state index is -0.606. The number of ether oxygens (including phenoxy) is 2. The molecule has 6 nitrogen and oxygen atoms in total. The van der Waals surface area contributed by atoms with Crippen molar-refractivity contribution in [3.63, 3.8) is 0 Å². The summed E-state index contributed by atoms with van der Waals surface area (Å²) in [6.45, 7) is 0. The lowest BCUT2D eigenvalue weighted by Crippen LogP contribution is -2.51. The lowest BCUT2D eigenvalue weighted by molar-refractivity contribution is -0.119. The summed E-state index contributed by atoms with van der Waals surface area (Å²) in [4.78, 5) is 30.1. The molecule has 3 aromatic carbocycles. The highest BCUT2D eigenvalue weighted by Crippen LogP contribution is 2.46. The van der Waals surface area contributed by atoms with E-state index in [1.165, 1.54) is 6.42 Å². The standard InChI is InChI=1S/C30H31ClN2O4/c1-36-22-15-12-19(13-16-22)28-27(29(34)32-20-14-17-26(37-2)25(31)18-20)23-10-6-7-11-24(23)30(35)33(28)21-8-4-3-5-9-21/h6-7,10-18,21,27-28H,3-5,8-9H2,1-2H3,(H,32,34). The molecule has 1 fully saturated rings. The van der Waals surface area contributed by atoms with Crippen molar-refractivity contribution in [1.29, 1.82) is 0 Å². The molecule has 0 radical (unpaired) electrons. The number of nitrogens with zero attached hydrogens (tertiary/aromatic N) is 1. The first kappa shape index (κ1) is 25.2. The number of amides is 2. The number of nitrogens with one attached hydrogen (secondary N) is 1. The Kier molecular flexibility index (Phi) is 7.38. The molecule has 2 aliphatic rings. The molecule has 3 aromatic rings. The van der Waals surface area contributed by atoms with E-state index in [2.05, 4.69) is 5.32 Å². The number of anilines is 1. The SMILES string of the molecule is COc1ccc(C2C(C(=O)Nc3ccc(OC)c(Cl)c3)c3ccccc3C(=O)N2C2CCCCC2)cc1. The van der Waals surface area contributed by atoms with Gasteiger partial charge >= 0.3 is 0 Å². The summed E-state index contributed by atoms with van der Waals surface area (Å²) in [7, 11) is 3.18. The first-order chi connectivity index (χ1) is 18.0. The number of fused-ring (bicyclic) bond motifs is 1. The normalized spacial score (nSPS) is 19.8.